The number of halogens is 2. The molecule has 1 saturated heterocycles. The first kappa shape index (κ1) is 27.3. The molecule has 0 bridgehead atoms. The van der Waals surface area contributed by atoms with Crippen LogP contribution in [0.15, 0.2) is 42.5 Å². The van der Waals surface area contributed by atoms with E-state index in [1.165, 1.54) is 6.07 Å². The first-order valence-corrected chi connectivity index (χ1v) is 13.7. The number of thiophene rings is 1. The van der Waals surface area contributed by atoms with Gasteiger partial charge in [0.05, 0.1) is 4.88 Å². The number of aromatic carboxylic acids is 1. The molecule has 7 nitrogen and oxygen atoms in total. The zero-order valence-electron chi connectivity index (χ0n) is 20.0. The van der Waals surface area contributed by atoms with E-state index in [0.29, 0.717) is 10.4 Å². The highest BCUT2D eigenvalue weighted by Gasteiger charge is 2.25. The van der Waals surface area contributed by atoms with Gasteiger partial charge in [0, 0.05) is 30.6 Å². The molecule has 2 heterocycles. The Balaban J connectivity index is 1.37. The Kier molecular flexibility index (Phi) is 8.96. The topological polar surface area (TPSA) is 99.1 Å². The van der Waals surface area contributed by atoms with E-state index in [0.717, 1.165) is 59.8 Å². The van der Waals surface area contributed by atoms with Gasteiger partial charge in [-0.3, -0.25) is 4.31 Å². The zero-order valence-corrected chi connectivity index (χ0v) is 22.4. The van der Waals surface area contributed by atoms with Crippen LogP contribution in [0.25, 0.3) is 10.4 Å². The molecule has 11 heteroatoms. The van der Waals surface area contributed by atoms with Gasteiger partial charge in [0.1, 0.15) is 10.8 Å². The molecule has 2 aromatic carbocycles. The zero-order chi connectivity index (χ0) is 26.5. The predicted octanol–water partition coefficient (Wildman–Crippen LogP) is 6.40. The van der Waals surface area contributed by atoms with E-state index in [2.05, 4.69) is 9.62 Å². The molecule has 0 amide bonds. The number of hydrogen-bond donors (Lipinski definition) is 3. The van der Waals surface area contributed by atoms with Crippen molar-refractivity contribution in [3.8, 4) is 16.2 Å². The lowest BCUT2D eigenvalue weighted by Crippen LogP contribution is -2.35. The molecule has 0 aliphatic carbocycles. The fourth-order valence-electron chi connectivity index (χ4n) is 4.06. The van der Waals surface area contributed by atoms with Crippen molar-refractivity contribution in [2.75, 3.05) is 25.0 Å². The van der Waals surface area contributed by atoms with Crippen LogP contribution >= 0.6 is 34.9 Å². The molecule has 1 aliphatic rings. The summed E-state index contributed by atoms with van der Waals surface area (Å²) in [6.45, 7) is 2.94. The first-order chi connectivity index (χ1) is 17.7. The molecule has 196 valence electrons. The van der Waals surface area contributed by atoms with Crippen molar-refractivity contribution >= 4 is 52.5 Å². The van der Waals surface area contributed by atoms with Gasteiger partial charge in [-0.15, -0.1) is 11.3 Å². The molecular formula is C26H26ClFN2O5S2. The van der Waals surface area contributed by atoms with Gasteiger partial charge in [-0.25, -0.2) is 14.0 Å². The molecule has 3 N–H and O–H groups in total. The third-order valence-electron chi connectivity index (χ3n) is 5.93. The summed E-state index contributed by atoms with van der Waals surface area (Å²) in [5.41, 5.74) is 3.38. The van der Waals surface area contributed by atoms with Gasteiger partial charge in [0.25, 0.3) is 0 Å². The molecule has 0 radical (unpaired) electrons. The van der Waals surface area contributed by atoms with E-state index in [4.69, 9.17) is 21.4 Å². The summed E-state index contributed by atoms with van der Waals surface area (Å²) < 4.78 is 21.0. The van der Waals surface area contributed by atoms with Gasteiger partial charge in [0.2, 0.25) is 0 Å². The molecular weight excluding hydrogens is 539 g/mol. The number of piperidine rings is 1. The minimum Gasteiger partial charge on any atom is -0.479 e. The normalized spacial score (nSPS) is 14.5. The average Bonchev–Trinajstić information content (AvgIpc) is 3.21. The molecule has 0 unspecified atom stereocenters. The van der Waals surface area contributed by atoms with E-state index in [1.807, 2.05) is 36.4 Å². The van der Waals surface area contributed by atoms with Gasteiger partial charge in [-0.05, 0) is 54.7 Å². The molecule has 3 aromatic rings. The highest BCUT2D eigenvalue weighted by atomic mass is 35.5. The minimum absolute atomic E-state index is 0.0856. The third kappa shape index (κ3) is 6.95. The number of rotatable bonds is 10. The second kappa shape index (κ2) is 12.2. The number of anilines is 1. The monoisotopic (exact) mass is 564 g/mol. The lowest BCUT2D eigenvalue weighted by atomic mass is 10.1. The second-order valence-corrected chi connectivity index (χ2v) is 11.1. The predicted molar refractivity (Wildman–Crippen MR) is 146 cm³/mol. The van der Waals surface area contributed by atoms with Crippen LogP contribution in [0.3, 0.4) is 0 Å². The molecule has 0 atom stereocenters. The molecule has 37 heavy (non-hydrogen) atoms. The lowest BCUT2D eigenvalue weighted by Gasteiger charge is -2.32. The van der Waals surface area contributed by atoms with Crippen LogP contribution < -0.4 is 10.1 Å². The maximum Gasteiger partial charge on any atom is 0.349 e. The van der Waals surface area contributed by atoms with Crippen molar-refractivity contribution in [1.29, 1.82) is 0 Å². The summed E-state index contributed by atoms with van der Waals surface area (Å²) in [6, 6.07) is 13.1. The Hall–Kier alpha value is -2.79. The largest absolute Gasteiger partial charge is 0.479 e. The van der Waals surface area contributed by atoms with E-state index in [-0.39, 0.29) is 27.5 Å². The van der Waals surface area contributed by atoms with Gasteiger partial charge < -0.3 is 20.3 Å². The molecule has 4 rings (SSSR count). The average molecular weight is 565 g/mol. The smallest absolute Gasteiger partial charge is 0.349 e. The Morgan fingerprint density at radius 3 is 2.65 bits per heavy atom. The molecule has 1 aliphatic heterocycles. The van der Waals surface area contributed by atoms with Crippen molar-refractivity contribution in [2.24, 2.45) is 0 Å². The summed E-state index contributed by atoms with van der Waals surface area (Å²) in [5, 5.41) is 22.1. The summed E-state index contributed by atoms with van der Waals surface area (Å²) in [6.07, 6.45) is 1.91. The Bertz CT molecular complexity index is 1290. The Morgan fingerprint density at radius 1 is 1.22 bits per heavy atom. The van der Waals surface area contributed by atoms with Gasteiger partial charge >= 0.3 is 11.9 Å². The number of nitrogens with zero attached hydrogens (tertiary/aromatic N) is 1. The number of ether oxygens (including phenoxy) is 1. The Labute approximate surface area is 227 Å². The number of hydrogen-bond acceptors (Lipinski definition) is 7. The van der Waals surface area contributed by atoms with Crippen LogP contribution in [0.4, 0.5) is 10.1 Å². The molecule has 0 spiro atoms. The summed E-state index contributed by atoms with van der Waals surface area (Å²) in [4.78, 5) is 22.9. The van der Waals surface area contributed by atoms with Crippen molar-refractivity contribution in [1.82, 2.24) is 4.31 Å². The lowest BCUT2D eigenvalue weighted by molar-refractivity contribution is -0.139. The maximum atomic E-state index is 13.5. The summed E-state index contributed by atoms with van der Waals surface area (Å²) >= 11 is 9.14. The highest BCUT2D eigenvalue weighted by Crippen LogP contribution is 2.46. The Morgan fingerprint density at radius 2 is 1.97 bits per heavy atom. The van der Waals surface area contributed by atoms with Crippen molar-refractivity contribution in [3.05, 3.63) is 69.3 Å². The SMILES string of the molecule is Cc1cc(CSN2CCC(Nc3cccc(-c4sc(C(=O)O)c(OCC(=O)O)c4Cl)c3)CC2)ccc1F. The van der Waals surface area contributed by atoms with E-state index in [9.17, 15) is 19.1 Å². The second-order valence-electron chi connectivity index (χ2n) is 8.68. The number of aliphatic carboxylic acids is 1. The van der Waals surface area contributed by atoms with Crippen molar-refractivity contribution in [2.45, 2.75) is 31.6 Å². The number of aryl methyl sites for hydroxylation is 1. The molecule has 1 fully saturated rings. The third-order valence-corrected chi connectivity index (χ3v) is 8.80. The van der Waals surface area contributed by atoms with E-state index in [1.54, 1.807) is 18.9 Å². The van der Waals surface area contributed by atoms with Gasteiger partial charge in [0.15, 0.2) is 17.2 Å². The fraction of sp³-hybridized carbons (Fsp3) is 0.308. The van der Waals surface area contributed by atoms with Crippen LogP contribution in [-0.4, -0.2) is 52.2 Å². The van der Waals surface area contributed by atoms with E-state index < -0.39 is 18.5 Å². The quantitative estimate of drug-likeness (QED) is 0.243. The van der Waals surface area contributed by atoms with Crippen LogP contribution in [0.5, 0.6) is 5.75 Å². The van der Waals surface area contributed by atoms with Gasteiger partial charge in [-0.2, -0.15) is 0 Å². The number of nitrogens with one attached hydrogen (secondary N) is 1. The number of carboxylic acid groups (broad SMARTS) is 2. The first-order valence-electron chi connectivity index (χ1n) is 11.6. The van der Waals surface area contributed by atoms with Crippen LogP contribution in [0.2, 0.25) is 5.02 Å². The molecule has 1 aromatic heterocycles. The molecule has 0 saturated carbocycles. The van der Waals surface area contributed by atoms with E-state index >= 15 is 0 Å². The maximum absolute atomic E-state index is 13.5. The van der Waals surface area contributed by atoms with Crippen LogP contribution in [0.1, 0.15) is 33.6 Å². The highest BCUT2D eigenvalue weighted by molar-refractivity contribution is 7.96. The summed E-state index contributed by atoms with van der Waals surface area (Å²) in [7, 11) is 0. The number of carboxylic acids is 2. The van der Waals surface area contributed by atoms with Crippen molar-refractivity contribution < 1.29 is 28.9 Å². The fourth-order valence-corrected chi connectivity index (χ4v) is 6.45. The van der Waals surface area contributed by atoms with Gasteiger partial charge in [-0.1, -0.05) is 47.8 Å². The number of benzene rings is 2. The summed E-state index contributed by atoms with van der Waals surface area (Å²) in [5.74, 6) is -1.96. The van der Waals surface area contributed by atoms with Crippen LogP contribution in [-0.2, 0) is 10.5 Å². The standard InChI is InChI=1S/C26H26ClFN2O5S2/c1-15-11-16(5-6-20(15)28)14-36-30-9-7-18(8-10-30)29-19-4-2-3-17(12-19)24-22(27)23(35-13-21(31)32)25(37-24)26(33)34/h2-6,11-12,18,29H,7-10,13-14H2,1H3,(H,31,32)(H,33,34). The minimum atomic E-state index is -1.23. The van der Waals surface area contributed by atoms with Crippen molar-refractivity contribution in [3.63, 3.8) is 0 Å². The van der Waals surface area contributed by atoms with Crippen LogP contribution in [0, 0.1) is 12.7 Å². The number of carbonyl (C=O) groups is 2.